The Labute approximate surface area is 151 Å². The summed E-state index contributed by atoms with van der Waals surface area (Å²) in [6, 6.07) is 8.28. The Hall–Kier alpha value is -1.50. The number of nitrogens with zero attached hydrogens (tertiary/aromatic N) is 2. The van der Waals surface area contributed by atoms with Crippen molar-refractivity contribution >= 4 is 18.3 Å². The summed E-state index contributed by atoms with van der Waals surface area (Å²) in [6.45, 7) is 5.27. The summed E-state index contributed by atoms with van der Waals surface area (Å²) >= 11 is 0. The lowest BCUT2D eigenvalue weighted by atomic mass is 10.0. The van der Waals surface area contributed by atoms with Gasteiger partial charge < -0.3 is 9.80 Å². The van der Waals surface area contributed by atoms with Gasteiger partial charge in [0.1, 0.15) is 0 Å². The first-order chi connectivity index (χ1) is 11.1. The van der Waals surface area contributed by atoms with Crippen molar-refractivity contribution in [2.45, 2.75) is 38.6 Å². The van der Waals surface area contributed by atoms with Crippen LogP contribution in [0.1, 0.15) is 36.8 Å². The first-order valence-corrected chi connectivity index (χ1v) is 8.71. The molecule has 0 aliphatic carbocycles. The molecule has 1 amide bonds. The number of amides is 1. The van der Waals surface area contributed by atoms with E-state index >= 15 is 0 Å². The van der Waals surface area contributed by atoms with Crippen LogP contribution in [0.25, 0.3) is 0 Å². The number of aryl methyl sites for hydroxylation is 1. The highest BCUT2D eigenvalue weighted by Gasteiger charge is 2.37. The molecule has 1 aromatic rings. The van der Waals surface area contributed by atoms with Crippen LogP contribution in [0.5, 0.6) is 0 Å². The average Bonchev–Trinajstić information content (AvgIpc) is 2.82. The quantitative estimate of drug-likeness (QED) is 0.768. The van der Waals surface area contributed by atoms with Crippen molar-refractivity contribution in [1.29, 1.82) is 0 Å². The summed E-state index contributed by atoms with van der Waals surface area (Å²) in [5.74, 6) is 6.94. The molecular formula is C20H27ClN2O. The molecule has 0 radical (unpaired) electrons. The van der Waals surface area contributed by atoms with Crippen LogP contribution in [-0.4, -0.2) is 48.4 Å². The summed E-state index contributed by atoms with van der Waals surface area (Å²) < 4.78 is 0. The molecule has 1 aromatic carbocycles. The van der Waals surface area contributed by atoms with Crippen LogP contribution in [0, 0.1) is 24.7 Å². The van der Waals surface area contributed by atoms with Crippen LogP contribution in [-0.2, 0) is 4.79 Å². The molecule has 4 heteroatoms. The first kappa shape index (κ1) is 18.8. The van der Waals surface area contributed by atoms with E-state index in [1.807, 2.05) is 24.1 Å². The third-order valence-corrected chi connectivity index (χ3v) is 5.00. The summed E-state index contributed by atoms with van der Waals surface area (Å²) in [7, 11) is 1.90. The van der Waals surface area contributed by atoms with Gasteiger partial charge in [-0.15, -0.1) is 12.4 Å². The molecule has 0 bridgehead atoms. The van der Waals surface area contributed by atoms with E-state index in [0.29, 0.717) is 0 Å². The van der Waals surface area contributed by atoms with Crippen molar-refractivity contribution in [1.82, 2.24) is 9.80 Å². The number of carbonyl (C=O) groups excluding carboxylic acids is 1. The number of likely N-dealkylation sites (tertiary alicyclic amines) is 2. The van der Waals surface area contributed by atoms with Crippen LogP contribution in [0.15, 0.2) is 24.3 Å². The SMILES string of the molecule is Cc1cccc(C#C[C@H]2C[C@@H](CN3CCCCC3)C(=O)N2C)c1.Cl. The fourth-order valence-electron chi connectivity index (χ4n) is 3.62. The molecule has 2 heterocycles. The topological polar surface area (TPSA) is 23.6 Å². The van der Waals surface area contributed by atoms with Gasteiger partial charge in [0.25, 0.3) is 0 Å². The van der Waals surface area contributed by atoms with Crippen molar-refractivity contribution in [2.24, 2.45) is 5.92 Å². The second-order valence-electron chi connectivity index (χ2n) is 6.90. The van der Waals surface area contributed by atoms with Gasteiger partial charge in [-0.2, -0.15) is 0 Å². The van der Waals surface area contributed by atoms with E-state index in [0.717, 1.165) is 31.6 Å². The monoisotopic (exact) mass is 346 g/mol. The van der Waals surface area contributed by atoms with Crippen LogP contribution in [0.2, 0.25) is 0 Å². The van der Waals surface area contributed by atoms with Crippen molar-refractivity contribution < 1.29 is 4.79 Å². The van der Waals surface area contributed by atoms with E-state index in [-0.39, 0.29) is 30.3 Å². The van der Waals surface area contributed by atoms with Crippen LogP contribution >= 0.6 is 12.4 Å². The number of halogens is 1. The molecule has 24 heavy (non-hydrogen) atoms. The number of hydrogen-bond acceptors (Lipinski definition) is 2. The molecule has 2 fully saturated rings. The zero-order chi connectivity index (χ0) is 16.2. The Morgan fingerprint density at radius 1 is 1.21 bits per heavy atom. The van der Waals surface area contributed by atoms with Gasteiger partial charge in [0.05, 0.1) is 12.0 Å². The van der Waals surface area contributed by atoms with Gasteiger partial charge in [-0.25, -0.2) is 0 Å². The molecule has 0 aromatic heterocycles. The first-order valence-electron chi connectivity index (χ1n) is 8.71. The third-order valence-electron chi connectivity index (χ3n) is 5.00. The van der Waals surface area contributed by atoms with Crippen LogP contribution in [0.3, 0.4) is 0 Å². The zero-order valence-corrected chi connectivity index (χ0v) is 15.4. The maximum atomic E-state index is 12.5. The minimum atomic E-state index is 0. The second kappa shape index (κ2) is 8.55. The van der Waals surface area contributed by atoms with Gasteiger partial charge in [0.2, 0.25) is 5.91 Å². The highest BCUT2D eigenvalue weighted by atomic mass is 35.5. The van der Waals surface area contributed by atoms with Gasteiger partial charge in [0.15, 0.2) is 0 Å². The Morgan fingerprint density at radius 3 is 2.67 bits per heavy atom. The molecule has 2 aliphatic heterocycles. The van der Waals surface area contributed by atoms with Gasteiger partial charge in [-0.05, 0) is 57.0 Å². The number of rotatable bonds is 2. The molecule has 130 valence electrons. The van der Waals surface area contributed by atoms with Crippen LogP contribution < -0.4 is 0 Å². The van der Waals surface area contributed by atoms with E-state index in [9.17, 15) is 4.79 Å². The van der Waals surface area contributed by atoms with Crippen molar-refractivity contribution in [3.63, 3.8) is 0 Å². The molecule has 0 spiro atoms. The number of piperidine rings is 1. The lowest BCUT2D eigenvalue weighted by Crippen LogP contribution is -2.37. The molecule has 0 unspecified atom stereocenters. The predicted octanol–water partition coefficient (Wildman–Crippen LogP) is 3.10. The fourth-order valence-corrected chi connectivity index (χ4v) is 3.62. The summed E-state index contributed by atoms with van der Waals surface area (Å²) in [5, 5.41) is 0. The number of hydrogen-bond donors (Lipinski definition) is 0. The maximum absolute atomic E-state index is 12.5. The Morgan fingerprint density at radius 2 is 1.96 bits per heavy atom. The van der Waals surface area contributed by atoms with Gasteiger partial charge in [-0.3, -0.25) is 4.79 Å². The van der Waals surface area contributed by atoms with E-state index < -0.39 is 0 Å². The van der Waals surface area contributed by atoms with Crippen LogP contribution in [0.4, 0.5) is 0 Å². The van der Waals surface area contributed by atoms with Crippen molar-refractivity contribution in [3.8, 4) is 11.8 Å². The van der Waals surface area contributed by atoms with Gasteiger partial charge >= 0.3 is 0 Å². The fraction of sp³-hybridized carbons (Fsp3) is 0.550. The molecular weight excluding hydrogens is 320 g/mol. The molecule has 2 saturated heterocycles. The van der Waals surface area contributed by atoms with E-state index in [4.69, 9.17) is 0 Å². The third kappa shape index (κ3) is 4.53. The summed E-state index contributed by atoms with van der Waals surface area (Å²) in [4.78, 5) is 16.8. The largest absolute Gasteiger partial charge is 0.332 e. The highest BCUT2D eigenvalue weighted by Crippen LogP contribution is 2.25. The zero-order valence-electron chi connectivity index (χ0n) is 14.6. The Balaban J connectivity index is 0.00000208. The van der Waals surface area contributed by atoms with E-state index in [1.54, 1.807) is 0 Å². The minimum Gasteiger partial charge on any atom is -0.332 e. The number of benzene rings is 1. The highest BCUT2D eigenvalue weighted by molar-refractivity contribution is 5.85. The Bertz CT molecular complexity index is 628. The molecule has 2 aliphatic rings. The minimum absolute atomic E-state index is 0. The summed E-state index contributed by atoms with van der Waals surface area (Å²) in [6.07, 6.45) is 4.74. The van der Waals surface area contributed by atoms with E-state index in [1.165, 1.54) is 24.8 Å². The van der Waals surface area contributed by atoms with Crippen molar-refractivity contribution in [2.75, 3.05) is 26.7 Å². The summed E-state index contributed by atoms with van der Waals surface area (Å²) in [5.41, 5.74) is 2.25. The molecule has 2 atom stereocenters. The Kier molecular flexibility index (Phi) is 6.71. The smallest absolute Gasteiger partial charge is 0.227 e. The lowest BCUT2D eigenvalue weighted by Gasteiger charge is -2.28. The van der Waals surface area contributed by atoms with E-state index in [2.05, 4.69) is 35.8 Å². The second-order valence-corrected chi connectivity index (χ2v) is 6.90. The molecule has 3 rings (SSSR count). The standard InChI is InChI=1S/C20H26N2O.ClH/c1-16-7-6-8-17(13-16)9-10-19-14-18(20(23)21(19)2)15-22-11-4-3-5-12-22;/h6-8,13,18-19H,3-5,11-12,14-15H2,1-2H3;1H/t18-,19-;/m0./s1. The van der Waals surface area contributed by atoms with Gasteiger partial charge in [0, 0.05) is 19.2 Å². The lowest BCUT2D eigenvalue weighted by molar-refractivity contribution is -0.130. The molecule has 3 nitrogen and oxygen atoms in total. The predicted molar refractivity (Wildman–Crippen MR) is 100 cm³/mol. The molecule has 0 saturated carbocycles. The number of carbonyl (C=O) groups is 1. The normalized spacial score (nSPS) is 24.2. The van der Waals surface area contributed by atoms with Gasteiger partial charge in [-0.1, -0.05) is 30.4 Å². The van der Waals surface area contributed by atoms with Crippen molar-refractivity contribution in [3.05, 3.63) is 35.4 Å². The molecule has 0 N–H and O–H groups in total. The average molecular weight is 347 g/mol. The maximum Gasteiger partial charge on any atom is 0.227 e.